The number of para-hydroxylation sites is 2. The van der Waals surface area contributed by atoms with Crippen molar-refractivity contribution in [3.63, 3.8) is 0 Å². The van der Waals surface area contributed by atoms with Crippen LogP contribution in [0.4, 0.5) is 5.69 Å². The molecule has 0 spiro atoms. The molecule has 3 aromatic rings. The highest BCUT2D eigenvalue weighted by atomic mass is 32.2. The van der Waals surface area contributed by atoms with Gasteiger partial charge in [-0.3, -0.25) is 19.1 Å². The molecule has 0 unspecified atom stereocenters. The summed E-state index contributed by atoms with van der Waals surface area (Å²) in [7, 11) is 0. The number of aryl methyl sites for hydroxylation is 2. The average molecular weight is 493 g/mol. The molecule has 0 radical (unpaired) electrons. The number of nitrogens with zero attached hydrogens (tertiary/aromatic N) is 4. The van der Waals surface area contributed by atoms with Crippen LogP contribution in [0, 0.1) is 13.8 Å². The van der Waals surface area contributed by atoms with Gasteiger partial charge >= 0.3 is 0 Å². The number of benzene rings is 2. The predicted molar refractivity (Wildman–Crippen MR) is 139 cm³/mol. The molecule has 4 rings (SSSR count). The van der Waals surface area contributed by atoms with Gasteiger partial charge in [0.2, 0.25) is 11.8 Å². The molecule has 0 atom stereocenters. The summed E-state index contributed by atoms with van der Waals surface area (Å²) in [6, 6.07) is 15.8. The molecule has 0 aliphatic carbocycles. The largest absolute Gasteiger partial charge is 0.346 e. The van der Waals surface area contributed by atoms with E-state index in [-0.39, 0.29) is 24.1 Å². The number of hydrogen-bond acceptors (Lipinski definition) is 6. The normalized spacial score (nSPS) is 14.0. The van der Waals surface area contributed by atoms with E-state index in [4.69, 9.17) is 0 Å². The first-order chi connectivity index (χ1) is 17.0. The van der Waals surface area contributed by atoms with Crippen molar-refractivity contribution >= 4 is 29.3 Å². The van der Waals surface area contributed by atoms with Crippen LogP contribution in [-0.4, -0.2) is 56.9 Å². The molecule has 2 amide bonds. The quantitative estimate of drug-likeness (QED) is 0.443. The van der Waals surface area contributed by atoms with Crippen LogP contribution in [0.2, 0.25) is 0 Å². The van der Waals surface area contributed by atoms with Crippen molar-refractivity contribution in [3.8, 4) is 5.69 Å². The molecule has 9 heteroatoms. The number of anilines is 1. The van der Waals surface area contributed by atoms with Crippen molar-refractivity contribution in [1.29, 1.82) is 0 Å². The van der Waals surface area contributed by atoms with Crippen LogP contribution in [0.3, 0.4) is 0 Å². The Labute approximate surface area is 210 Å². The van der Waals surface area contributed by atoms with Crippen molar-refractivity contribution in [1.82, 2.24) is 25.0 Å². The molecule has 0 saturated carbocycles. The van der Waals surface area contributed by atoms with Gasteiger partial charge in [0.25, 0.3) is 0 Å². The molecule has 1 fully saturated rings. The van der Waals surface area contributed by atoms with Crippen LogP contribution in [0.25, 0.3) is 5.69 Å². The monoisotopic (exact) mass is 492 g/mol. The second-order valence-corrected chi connectivity index (χ2v) is 9.73. The molecular weight excluding hydrogens is 460 g/mol. The summed E-state index contributed by atoms with van der Waals surface area (Å²) in [4.78, 5) is 27.3. The summed E-state index contributed by atoms with van der Waals surface area (Å²) in [5, 5.41) is 15.1. The number of amides is 2. The van der Waals surface area contributed by atoms with Gasteiger partial charge in [0, 0.05) is 11.4 Å². The standard InChI is InChI=1S/C26H32N6O2S/c1-19-10-9-11-20(2)25(19)28-23(33)16-27-24(34)18-35-26-30-29-22(17-31-14-7-4-8-15-31)32(26)21-12-5-3-6-13-21/h3,5-6,9-13H,4,7-8,14-18H2,1-2H3,(H,27,34)(H,28,33). The summed E-state index contributed by atoms with van der Waals surface area (Å²) in [6.07, 6.45) is 3.69. The van der Waals surface area contributed by atoms with E-state index in [0.717, 1.165) is 48.0 Å². The zero-order chi connectivity index (χ0) is 24.6. The lowest BCUT2D eigenvalue weighted by molar-refractivity contribution is -0.122. The molecule has 8 nitrogen and oxygen atoms in total. The first-order valence-electron chi connectivity index (χ1n) is 12.0. The maximum Gasteiger partial charge on any atom is 0.243 e. The van der Waals surface area contributed by atoms with E-state index in [1.165, 1.54) is 31.0 Å². The Morgan fingerprint density at radius 2 is 1.63 bits per heavy atom. The molecule has 1 aliphatic rings. The van der Waals surface area contributed by atoms with E-state index < -0.39 is 0 Å². The Morgan fingerprint density at radius 1 is 0.914 bits per heavy atom. The van der Waals surface area contributed by atoms with Crippen molar-refractivity contribution in [2.24, 2.45) is 0 Å². The van der Waals surface area contributed by atoms with Gasteiger partial charge in [-0.15, -0.1) is 10.2 Å². The van der Waals surface area contributed by atoms with Crippen molar-refractivity contribution in [2.45, 2.75) is 44.8 Å². The highest BCUT2D eigenvalue weighted by Gasteiger charge is 2.19. The molecule has 0 bridgehead atoms. The molecule has 2 heterocycles. The average Bonchev–Trinajstić information content (AvgIpc) is 3.27. The van der Waals surface area contributed by atoms with Gasteiger partial charge < -0.3 is 10.6 Å². The Balaban J connectivity index is 1.36. The van der Waals surface area contributed by atoms with Gasteiger partial charge in [-0.05, 0) is 63.0 Å². The van der Waals surface area contributed by atoms with Gasteiger partial charge in [-0.2, -0.15) is 0 Å². The Bertz CT molecular complexity index is 1140. The summed E-state index contributed by atoms with van der Waals surface area (Å²) in [5.74, 6) is 0.531. The molecular formula is C26H32N6O2S. The van der Waals surface area contributed by atoms with Crippen molar-refractivity contribution < 1.29 is 9.59 Å². The van der Waals surface area contributed by atoms with Crippen LogP contribution >= 0.6 is 11.8 Å². The summed E-state index contributed by atoms with van der Waals surface area (Å²) < 4.78 is 2.03. The van der Waals surface area contributed by atoms with E-state index in [1.54, 1.807) is 0 Å². The third kappa shape index (κ3) is 6.70. The third-order valence-corrected chi connectivity index (χ3v) is 6.98. The Hall–Kier alpha value is -3.17. The molecule has 1 aliphatic heterocycles. The maximum absolute atomic E-state index is 12.5. The number of carbonyl (C=O) groups is 2. The summed E-state index contributed by atoms with van der Waals surface area (Å²) in [5.41, 5.74) is 3.74. The van der Waals surface area contributed by atoms with E-state index >= 15 is 0 Å². The number of piperidine rings is 1. The van der Waals surface area contributed by atoms with Gasteiger partial charge in [-0.1, -0.05) is 54.6 Å². The van der Waals surface area contributed by atoms with E-state index in [9.17, 15) is 9.59 Å². The van der Waals surface area contributed by atoms with Crippen LogP contribution in [0.1, 0.15) is 36.2 Å². The van der Waals surface area contributed by atoms with Gasteiger partial charge in [-0.25, -0.2) is 0 Å². The Kier molecular flexibility index (Phi) is 8.54. The number of thioether (sulfide) groups is 1. The first kappa shape index (κ1) is 24.9. The molecule has 2 aromatic carbocycles. The van der Waals surface area contributed by atoms with Gasteiger partial charge in [0.15, 0.2) is 11.0 Å². The minimum absolute atomic E-state index is 0.0846. The number of carbonyl (C=O) groups excluding carboxylic acids is 2. The van der Waals surface area contributed by atoms with E-state index in [2.05, 4.69) is 25.7 Å². The zero-order valence-electron chi connectivity index (χ0n) is 20.3. The Morgan fingerprint density at radius 3 is 2.34 bits per heavy atom. The predicted octanol–water partition coefficient (Wildman–Crippen LogP) is 3.72. The van der Waals surface area contributed by atoms with E-state index in [0.29, 0.717) is 5.16 Å². The summed E-state index contributed by atoms with van der Waals surface area (Å²) >= 11 is 1.32. The highest BCUT2D eigenvalue weighted by Crippen LogP contribution is 2.24. The first-order valence-corrected chi connectivity index (χ1v) is 13.0. The van der Waals surface area contributed by atoms with Crippen LogP contribution in [0.5, 0.6) is 0 Å². The van der Waals surface area contributed by atoms with Crippen LogP contribution < -0.4 is 10.6 Å². The number of rotatable bonds is 9. The van der Waals surface area contributed by atoms with Crippen molar-refractivity contribution in [3.05, 3.63) is 65.5 Å². The zero-order valence-corrected chi connectivity index (χ0v) is 21.1. The fraction of sp³-hybridized carbons (Fsp3) is 0.385. The molecule has 184 valence electrons. The fourth-order valence-electron chi connectivity index (χ4n) is 4.21. The fourth-order valence-corrected chi connectivity index (χ4v) is 5.01. The smallest absolute Gasteiger partial charge is 0.243 e. The van der Waals surface area contributed by atoms with E-state index in [1.807, 2.05) is 66.9 Å². The molecule has 35 heavy (non-hydrogen) atoms. The lowest BCUT2D eigenvalue weighted by atomic mass is 10.1. The van der Waals surface area contributed by atoms with Crippen LogP contribution in [0.15, 0.2) is 53.7 Å². The number of nitrogens with one attached hydrogen (secondary N) is 2. The van der Waals surface area contributed by atoms with Crippen molar-refractivity contribution in [2.75, 3.05) is 30.7 Å². The third-order valence-electron chi connectivity index (χ3n) is 6.05. The minimum Gasteiger partial charge on any atom is -0.346 e. The molecule has 1 saturated heterocycles. The lowest BCUT2D eigenvalue weighted by Crippen LogP contribution is -2.34. The topological polar surface area (TPSA) is 92.2 Å². The summed E-state index contributed by atoms with van der Waals surface area (Å²) in [6.45, 7) is 6.67. The SMILES string of the molecule is Cc1cccc(C)c1NC(=O)CNC(=O)CSc1nnc(CN2CCCCC2)n1-c1ccccc1. The number of likely N-dealkylation sites (tertiary alicyclic amines) is 1. The second kappa shape index (κ2) is 12.0. The maximum atomic E-state index is 12.5. The highest BCUT2D eigenvalue weighted by molar-refractivity contribution is 7.99. The second-order valence-electron chi connectivity index (χ2n) is 8.79. The molecule has 1 aromatic heterocycles. The van der Waals surface area contributed by atoms with Gasteiger partial charge in [0.1, 0.15) is 0 Å². The lowest BCUT2D eigenvalue weighted by Gasteiger charge is -2.26. The van der Waals surface area contributed by atoms with Gasteiger partial charge in [0.05, 0.1) is 18.8 Å². The minimum atomic E-state index is -0.253. The number of aromatic nitrogens is 3. The molecule has 2 N–H and O–H groups in total. The number of hydrogen-bond donors (Lipinski definition) is 2. The van der Waals surface area contributed by atoms with Crippen LogP contribution in [-0.2, 0) is 16.1 Å².